The first-order chi connectivity index (χ1) is 14.6. The van der Waals surface area contributed by atoms with Gasteiger partial charge in [0.05, 0.1) is 12.0 Å². The average molecular weight is 403 g/mol. The molecule has 0 saturated heterocycles. The lowest BCUT2D eigenvalue weighted by molar-refractivity contribution is 0.0930. The standard InChI is InChI=1S/C24H22FN3O2/c1-17(9-10-18-6-3-2-4-7-18)26-24(29)22-16-21(23-8-5-15-30-23)27-28(22)20-13-11-19(25)12-14-20/h2-8,11-17H,9-10H2,1H3,(H,26,29)/t17-/m1/s1. The summed E-state index contributed by atoms with van der Waals surface area (Å²) in [6, 6.07) is 21.2. The molecule has 4 aromatic rings. The third-order valence-electron chi connectivity index (χ3n) is 4.87. The van der Waals surface area contributed by atoms with E-state index in [4.69, 9.17) is 4.42 Å². The summed E-state index contributed by atoms with van der Waals surface area (Å²) in [4.78, 5) is 13.0. The van der Waals surface area contributed by atoms with Gasteiger partial charge in [0.1, 0.15) is 17.2 Å². The Kier molecular flexibility index (Phi) is 5.75. The molecule has 0 aliphatic carbocycles. The molecular weight excluding hydrogens is 381 g/mol. The summed E-state index contributed by atoms with van der Waals surface area (Å²) in [5.74, 6) is -0.0371. The second-order valence-corrected chi connectivity index (χ2v) is 7.18. The van der Waals surface area contributed by atoms with Crippen molar-refractivity contribution < 1.29 is 13.6 Å². The summed E-state index contributed by atoms with van der Waals surface area (Å²) in [6.07, 6.45) is 3.24. The van der Waals surface area contributed by atoms with Crippen LogP contribution in [-0.4, -0.2) is 21.7 Å². The predicted octanol–water partition coefficient (Wildman–Crippen LogP) is 5.02. The molecule has 152 valence electrons. The van der Waals surface area contributed by atoms with Crippen molar-refractivity contribution in [2.75, 3.05) is 0 Å². The van der Waals surface area contributed by atoms with Gasteiger partial charge >= 0.3 is 0 Å². The molecule has 0 fully saturated rings. The topological polar surface area (TPSA) is 60.1 Å². The Hall–Kier alpha value is -3.67. The minimum absolute atomic E-state index is 0.0265. The van der Waals surface area contributed by atoms with Crippen molar-refractivity contribution in [2.24, 2.45) is 0 Å². The zero-order valence-corrected chi connectivity index (χ0v) is 16.6. The van der Waals surface area contributed by atoms with Crippen LogP contribution < -0.4 is 5.32 Å². The number of aromatic nitrogens is 2. The second-order valence-electron chi connectivity index (χ2n) is 7.18. The van der Waals surface area contributed by atoms with E-state index >= 15 is 0 Å². The summed E-state index contributed by atoms with van der Waals surface area (Å²) in [5.41, 5.74) is 2.72. The quantitative estimate of drug-likeness (QED) is 0.471. The van der Waals surface area contributed by atoms with Crippen LogP contribution in [-0.2, 0) is 6.42 Å². The summed E-state index contributed by atoms with van der Waals surface area (Å²) in [5, 5.41) is 7.56. The first-order valence-corrected chi connectivity index (χ1v) is 9.85. The van der Waals surface area contributed by atoms with Crippen LogP contribution >= 0.6 is 0 Å². The molecule has 6 heteroatoms. The van der Waals surface area contributed by atoms with Crippen LogP contribution in [0.4, 0.5) is 4.39 Å². The minimum Gasteiger partial charge on any atom is -0.463 e. The van der Waals surface area contributed by atoms with Gasteiger partial charge in [-0.1, -0.05) is 30.3 Å². The van der Waals surface area contributed by atoms with Gasteiger partial charge in [0, 0.05) is 12.1 Å². The molecule has 2 heterocycles. The van der Waals surface area contributed by atoms with E-state index in [0.717, 1.165) is 12.8 Å². The Morgan fingerprint density at radius 1 is 1.10 bits per heavy atom. The van der Waals surface area contributed by atoms with E-state index in [-0.39, 0.29) is 17.8 Å². The smallest absolute Gasteiger partial charge is 0.270 e. The van der Waals surface area contributed by atoms with Gasteiger partial charge in [-0.3, -0.25) is 4.79 Å². The summed E-state index contributed by atoms with van der Waals surface area (Å²) in [7, 11) is 0. The van der Waals surface area contributed by atoms with Gasteiger partial charge < -0.3 is 9.73 Å². The van der Waals surface area contributed by atoms with Crippen molar-refractivity contribution in [1.29, 1.82) is 0 Å². The molecule has 0 unspecified atom stereocenters. The van der Waals surface area contributed by atoms with Crippen LogP contribution in [0.1, 0.15) is 29.4 Å². The van der Waals surface area contributed by atoms with Gasteiger partial charge in [-0.25, -0.2) is 9.07 Å². The van der Waals surface area contributed by atoms with Crippen molar-refractivity contribution in [3.8, 4) is 17.1 Å². The van der Waals surface area contributed by atoms with E-state index in [1.807, 2.05) is 25.1 Å². The number of carbonyl (C=O) groups excluding carboxylic acids is 1. The number of nitrogens with one attached hydrogen (secondary N) is 1. The fraction of sp³-hybridized carbons (Fsp3) is 0.167. The number of carbonyl (C=O) groups is 1. The van der Waals surface area contributed by atoms with Crippen LogP contribution in [0.25, 0.3) is 17.1 Å². The van der Waals surface area contributed by atoms with Gasteiger partial charge in [-0.05, 0) is 61.7 Å². The van der Waals surface area contributed by atoms with Crippen LogP contribution in [0.2, 0.25) is 0 Å². The Balaban J connectivity index is 1.55. The van der Waals surface area contributed by atoms with E-state index in [0.29, 0.717) is 22.8 Å². The number of aryl methyl sites for hydroxylation is 1. The Morgan fingerprint density at radius 3 is 2.57 bits per heavy atom. The Bertz CT molecular complexity index is 1100. The summed E-state index contributed by atoms with van der Waals surface area (Å²) in [6.45, 7) is 1.98. The monoisotopic (exact) mass is 403 g/mol. The number of benzene rings is 2. The molecule has 1 N–H and O–H groups in total. The van der Waals surface area contributed by atoms with Gasteiger partial charge in [-0.15, -0.1) is 0 Å². The van der Waals surface area contributed by atoms with E-state index < -0.39 is 0 Å². The highest BCUT2D eigenvalue weighted by atomic mass is 19.1. The normalized spacial score (nSPS) is 11.9. The van der Waals surface area contributed by atoms with Gasteiger partial charge in [0.15, 0.2) is 5.76 Å². The van der Waals surface area contributed by atoms with Crippen LogP contribution in [0.3, 0.4) is 0 Å². The molecule has 0 radical (unpaired) electrons. The Morgan fingerprint density at radius 2 is 1.87 bits per heavy atom. The maximum atomic E-state index is 13.4. The molecule has 4 rings (SSSR count). The molecule has 1 atom stereocenters. The molecule has 5 nitrogen and oxygen atoms in total. The highest BCUT2D eigenvalue weighted by Crippen LogP contribution is 2.22. The lowest BCUT2D eigenvalue weighted by Crippen LogP contribution is -2.34. The lowest BCUT2D eigenvalue weighted by Gasteiger charge is -2.14. The second kappa shape index (κ2) is 8.78. The molecule has 0 spiro atoms. The largest absolute Gasteiger partial charge is 0.463 e. The fourth-order valence-electron chi connectivity index (χ4n) is 3.26. The number of nitrogens with zero attached hydrogens (tertiary/aromatic N) is 2. The van der Waals surface area contributed by atoms with Crippen molar-refractivity contribution in [3.05, 3.63) is 96.1 Å². The summed E-state index contributed by atoms with van der Waals surface area (Å²) < 4.78 is 20.3. The molecular formula is C24H22FN3O2. The number of hydrogen-bond acceptors (Lipinski definition) is 3. The SMILES string of the molecule is C[C@H](CCc1ccccc1)NC(=O)c1cc(-c2ccco2)nn1-c1ccc(F)cc1. The maximum Gasteiger partial charge on any atom is 0.270 e. The molecule has 0 bridgehead atoms. The van der Waals surface area contributed by atoms with Crippen molar-refractivity contribution in [2.45, 2.75) is 25.8 Å². The zero-order chi connectivity index (χ0) is 20.9. The van der Waals surface area contributed by atoms with E-state index in [1.54, 1.807) is 36.6 Å². The van der Waals surface area contributed by atoms with Crippen LogP contribution in [0, 0.1) is 5.82 Å². The molecule has 1 amide bonds. The van der Waals surface area contributed by atoms with Crippen molar-refractivity contribution in [1.82, 2.24) is 15.1 Å². The summed E-state index contributed by atoms with van der Waals surface area (Å²) >= 11 is 0. The molecule has 2 aromatic heterocycles. The minimum atomic E-state index is -0.349. The third-order valence-corrected chi connectivity index (χ3v) is 4.87. The number of hydrogen-bond donors (Lipinski definition) is 1. The van der Waals surface area contributed by atoms with E-state index in [1.165, 1.54) is 22.4 Å². The predicted molar refractivity (Wildman–Crippen MR) is 113 cm³/mol. The third kappa shape index (κ3) is 4.49. The van der Waals surface area contributed by atoms with Crippen molar-refractivity contribution in [3.63, 3.8) is 0 Å². The lowest BCUT2D eigenvalue weighted by atomic mass is 10.1. The molecule has 30 heavy (non-hydrogen) atoms. The number of amides is 1. The number of furan rings is 1. The van der Waals surface area contributed by atoms with Gasteiger partial charge in [-0.2, -0.15) is 5.10 Å². The van der Waals surface area contributed by atoms with Crippen molar-refractivity contribution >= 4 is 5.91 Å². The maximum absolute atomic E-state index is 13.4. The van der Waals surface area contributed by atoms with E-state index in [9.17, 15) is 9.18 Å². The highest BCUT2D eigenvalue weighted by Gasteiger charge is 2.20. The molecule has 2 aromatic carbocycles. The van der Waals surface area contributed by atoms with Gasteiger partial charge in [0.25, 0.3) is 5.91 Å². The highest BCUT2D eigenvalue weighted by molar-refractivity contribution is 5.94. The first-order valence-electron chi connectivity index (χ1n) is 9.85. The molecule has 0 aliphatic rings. The van der Waals surface area contributed by atoms with Crippen LogP contribution in [0.5, 0.6) is 0 Å². The molecule has 0 aliphatic heterocycles. The zero-order valence-electron chi connectivity index (χ0n) is 16.6. The Labute approximate surface area is 174 Å². The van der Waals surface area contributed by atoms with Gasteiger partial charge in [0.2, 0.25) is 0 Å². The van der Waals surface area contributed by atoms with Crippen LogP contribution in [0.15, 0.2) is 83.5 Å². The number of rotatable bonds is 7. The van der Waals surface area contributed by atoms with E-state index in [2.05, 4.69) is 22.5 Å². The fourth-order valence-corrected chi connectivity index (χ4v) is 3.26. The molecule has 0 saturated carbocycles. The first kappa shape index (κ1) is 19.6. The number of halogens is 1. The average Bonchev–Trinajstić information content (AvgIpc) is 3.43.